The summed E-state index contributed by atoms with van der Waals surface area (Å²) in [4.78, 5) is 17.9. The molecule has 1 saturated carbocycles. The van der Waals surface area contributed by atoms with E-state index in [1.165, 1.54) is 12.7 Å². The van der Waals surface area contributed by atoms with Gasteiger partial charge in [0.1, 0.15) is 10.6 Å². The van der Waals surface area contributed by atoms with Gasteiger partial charge in [0.15, 0.2) is 0 Å². The Morgan fingerprint density at radius 2 is 2.29 bits per heavy atom. The lowest BCUT2D eigenvalue weighted by molar-refractivity contribution is 0.0911. The van der Waals surface area contributed by atoms with Crippen molar-refractivity contribution in [3.8, 4) is 5.88 Å². The molecule has 0 spiro atoms. The standard InChI is InChI=1S/C11H16BrN3O2/c12-9-10(16)14-6-15-11(9)17-8-4-2-1-3-7(8)5-13/h6-8H,1-5,13H2,(H,14,15,16). The molecule has 0 bridgehead atoms. The summed E-state index contributed by atoms with van der Waals surface area (Å²) in [5, 5.41) is 0. The molecule has 1 aliphatic rings. The lowest BCUT2D eigenvalue weighted by Crippen LogP contribution is -2.35. The monoisotopic (exact) mass is 301 g/mol. The fraction of sp³-hybridized carbons (Fsp3) is 0.636. The van der Waals surface area contributed by atoms with E-state index in [2.05, 4.69) is 25.9 Å². The van der Waals surface area contributed by atoms with Crippen molar-refractivity contribution >= 4 is 15.9 Å². The molecule has 94 valence electrons. The fourth-order valence-corrected chi connectivity index (χ4v) is 2.50. The Kier molecular flexibility index (Phi) is 4.17. The molecule has 1 aromatic rings. The minimum atomic E-state index is -0.227. The zero-order chi connectivity index (χ0) is 12.3. The molecule has 5 nitrogen and oxygen atoms in total. The molecule has 17 heavy (non-hydrogen) atoms. The Balaban J connectivity index is 2.13. The molecular formula is C11H16BrN3O2. The molecule has 1 aromatic heterocycles. The van der Waals surface area contributed by atoms with Crippen molar-refractivity contribution in [2.75, 3.05) is 6.54 Å². The van der Waals surface area contributed by atoms with Crippen LogP contribution in [-0.4, -0.2) is 22.6 Å². The van der Waals surface area contributed by atoms with E-state index < -0.39 is 0 Å². The summed E-state index contributed by atoms with van der Waals surface area (Å²) in [5.41, 5.74) is 5.51. The second-order valence-corrected chi connectivity index (χ2v) is 5.08. The van der Waals surface area contributed by atoms with Crippen molar-refractivity contribution in [2.24, 2.45) is 11.7 Å². The molecule has 3 N–H and O–H groups in total. The molecule has 0 radical (unpaired) electrons. The molecule has 0 amide bonds. The third-order valence-electron chi connectivity index (χ3n) is 3.17. The van der Waals surface area contributed by atoms with Crippen molar-refractivity contribution in [1.29, 1.82) is 0 Å². The zero-order valence-electron chi connectivity index (χ0n) is 9.49. The van der Waals surface area contributed by atoms with Gasteiger partial charge >= 0.3 is 0 Å². The predicted molar refractivity (Wildman–Crippen MR) is 68.0 cm³/mol. The van der Waals surface area contributed by atoms with E-state index in [0.717, 1.165) is 19.3 Å². The van der Waals surface area contributed by atoms with Crippen molar-refractivity contribution < 1.29 is 4.74 Å². The van der Waals surface area contributed by atoms with Gasteiger partial charge < -0.3 is 15.5 Å². The van der Waals surface area contributed by atoms with Crippen LogP contribution in [-0.2, 0) is 0 Å². The third kappa shape index (κ3) is 2.87. The number of rotatable bonds is 3. The molecule has 0 aliphatic heterocycles. The summed E-state index contributed by atoms with van der Waals surface area (Å²) >= 11 is 3.19. The third-order valence-corrected chi connectivity index (χ3v) is 3.87. The number of nitrogens with zero attached hydrogens (tertiary/aromatic N) is 1. The second kappa shape index (κ2) is 5.64. The molecule has 2 rings (SSSR count). The molecule has 0 saturated heterocycles. The summed E-state index contributed by atoms with van der Waals surface area (Å²) in [6, 6.07) is 0. The summed E-state index contributed by atoms with van der Waals surface area (Å²) in [7, 11) is 0. The predicted octanol–water partition coefficient (Wildman–Crippen LogP) is 1.43. The first-order valence-corrected chi connectivity index (χ1v) is 6.61. The minimum Gasteiger partial charge on any atom is -0.473 e. The van der Waals surface area contributed by atoms with Gasteiger partial charge in [-0.2, -0.15) is 0 Å². The maximum absolute atomic E-state index is 11.4. The number of aromatic amines is 1. The first-order valence-electron chi connectivity index (χ1n) is 5.82. The lowest BCUT2D eigenvalue weighted by Gasteiger charge is -2.30. The van der Waals surface area contributed by atoms with Crippen LogP contribution in [0.25, 0.3) is 0 Å². The minimum absolute atomic E-state index is 0.0688. The summed E-state index contributed by atoms with van der Waals surface area (Å²) < 4.78 is 6.16. The highest BCUT2D eigenvalue weighted by molar-refractivity contribution is 9.10. The molecule has 6 heteroatoms. The lowest BCUT2D eigenvalue weighted by atomic mass is 9.86. The van der Waals surface area contributed by atoms with E-state index in [9.17, 15) is 4.79 Å². The average Bonchev–Trinajstić information content (AvgIpc) is 2.35. The van der Waals surface area contributed by atoms with Crippen LogP contribution in [0.2, 0.25) is 0 Å². The van der Waals surface area contributed by atoms with Crippen LogP contribution in [0, 0.1) is 5.92 Å². The summed E-state index contributed by atoms with van der Waals surface area (Å²) in [5.74, 6) is 0.718. The van der Waals surface area contributed by atoms with Gasteiger partial charge in [-0.05, 0) is 41.7 Å². The van der Waals surface area contributed by atoms with Gasteiger partial charge in [0.25, 0.3) is 5.56 Å². The van der Waals surface area contributed by atoms with E-state index in [0.29, 0.717) is 22.8 Å². The Labute approximate surface area is 108 Å². The van der Waals surface area contributed by atoms with E-state index in [1.54, 1.807) is 0 Å². The van der Waals surface area contributed by atoms with Crippen LogP contribution in [0.15, 0.2) is 15.6 Å². The first kappa shape index (κ1) is 12.6. The molecule has 2 atom stereocenters. The van der Waals surface area contributed by atoms with Crippen molar-refractivity contribution in [3.63, 3.8) is 0 Å². The van der Waals surface area contributed by atoms with Gasteiger partial charge in [-0.15, -0.1) is 0 Å². The van der Waals surface area contributed by atoms with Crippen LogP contribution in [0.3, 0.4) is 0 Å². The molecule has 2 unspecified atom stereocenters. The molecule has 1 aliphatic carbocycles. The molecule has 0 aromatic carbocycles. The normalized spacial score (nSPS) is 24.6. The maximum atomic E-state index is 11.4. The van der Waals surface area contributed by atoms with Gasteiger partial charge in [-0.25, -0.2) is 4.98 Å². The SMILES string of the molecule is NCC1CCCCC1Oc1nc[nH]c(=O)c1Br. The number of ether oxygens (including phenoxy) is 1. The van der Waals surface area contributed by atoms with Gasteiger partial charge in [0.2, 0.25) is 5.88 Å². The number of aromatic nitrogens is 2. The Bertz CT molecular complexity index is 435. The number of hydrogen-bond donors (Lipinski definition) is 2. The quantitative estimate of drug-likeness (QED) is 0.885. The van der Waals surface area contributed by atoms with Crippen LogP contribution in [0.4, 0.5) is 0 Å². The molecular weight excluding hydrogens is 286 g/mol. The first-order chi connectivity index (χ1) is 8.22. The van der Waals surface area contributed by atoms with Crippen molar-refractivity contribution in [1.82, 2.24) is 9.97 Å². The smallest absolute Gasteiger partial charge is 0.268 e. The summed E-state index contributed by atoms with van der Waals surface area (Å²) in [6.07, 6.45) is 5.82. The average molecular weight is 302 g/mol. The molecule has 1 fully saturated rings. The largest absolute Gasteiger partial charge is 0.473 e. The van der Waals surface area contributed by atoms with Crippen molar-refractivity contribution in [2.45, 2.75) is 31.8 Å². The topological polar surface area (TPSA) is 81.0 Å². The van der Waals surface area contributed by atoms with E-state index in [1.807, 2.05) is 0 Å². The van der Waals surface area contributed by atoms with E-state index in [4.69, 9.17) is 10.5 Å². The number of halogens is 1. The van der Waals surface area contributed by atoms with Gasteiger partial charge in [-0.1, -0.05) is 6.42 Å². The van der Waals surface area contributed by atoms with E-state index in [-0.39, 0.29) is 11.7 Å². The Morgan fingerprint density at radius 1 is 1.53 bits per heavy atom. The maximum Gasteiger partial charge on any atom is 0.268 e. The van der Waals surface area contributed by atoms with Crippen molar-refractivity contribution in [3.05, 3.63) is 21.2 Å². The Hall–Kier alpha value is -0.880. The highest BCUT2D eigenvalue weighted by atomic mass is 79.9. The van der Waals surface area contributed by atoms with Crippen LogP contribution >= 0.6 is 15.9 Å². The summed E-state index contributed by atoms with van der Waals surface area (Å²) in [6.45, 7) is 0.617. The number of hydrogen-bond acceptors (Lipinski definition) is 4. The van der Waals surface area contributed by atoms with Gasteiger partial charge in [-0.3, -0.25) is 4.79 Å². The fourth-order valence-electron chi connectivity index (χ4n) is 2.19. The number of nitrogens with two attached hydrogens (primary N) is 1. The Morgan fingerprint density at radius 3 is 3.06 bits per heavy atom. The van der Waals surface area contributed by atoms with E-state index >= 15 is 0 Å². The van der Waals surface area contributed by atoms with Crippen LogP contribution < -0.4 is 16.0 Å². The second-order valence-electron chi connectivity index (χ2n) is 4.29. The van der Waals surface area contributed by atoms with Crippen LogP contribution in [0.5, 0.6) is 5.88 Å². The number of nitrogens with one attached hydrogen (secondary N) is 1. The van der Waals surface area contributed by atoms with Gasteiger partial charge in [0, 0.05) is 5.92 Å². The number of H-pyrrole nitrogens is 1. The highest BCUT2D eigenvalue weighted by Gasteiger charge is 2.26. The molecule has 1 heterocycles. The zero-order valence-corrected chi connectivity index (χ0v) is 11.1. The highest BCUT2D eigenvalue weighted by Crippen LogP contribution is 2.28. The van der Waals surface area contributed by atoms with Gasteiger partial charge in [0.05, 0.1) is 6.33 Å². The van der Waals surface area contributed by atoms with Crippen LogP contribution in [0.1, 0.15) is 25.7 Å².